The zero-order valence-electron chi connectivity index (χ0n) is 27.6. The molecule has 1 aliphatic rings. The van der Waals surface area contributed by atoms with E-state index < -0.39 is 29.2 Å². The summed E-state index contributed by atoms with van der Waals surface area (Å²) < 4.78 is 82.0. The minimum absolute atomic E-state index is 0.0759. The van der Waals surface area contributed by atoms with Gasteiger partial charge in [0.25, 0.3) is 0 Å². The standard InChI is InChI=1S/C28H26F6N4.C8H19N/c1-2-17-8-10-18(11-9-17)24-16-38(22-6-4-3-5-7-22)25-23(24)15-35-26(37-25)36-21-13-19(27(29,30)31)12-20(14-21)28(32,33)34;1-4-6-8-9(3)7-5-2/h8-16,22H,2-7H2,1H3,(H,35,36,37);4-8H2,1-3H3. The fourth-order valence-electron chi connectivity index (χ4n) is 5.95. The number of anilines is 2. The van der Waals surface area contributed by atoms with E-state index in [0.29, 0.717) is 17.8 Å². The number of hydrogen-bond donors (Lipinski definition) is 1. The zero-order valence-corrected chi connectivity index (χ0v) is 27.6. The number of halogens is 6. The van der Waals surface area contributed by atoms with Crippen LogP contribution in [0.15, 0.2) is 54.9 Å². The summed E-state index contributed by atoms with van der Waals surface area (Å²) in [7, 11) is 2.19. The molecule has 0 atom stereocenters. The largest absolute Gasteiger partial charge is 0.416 e. The molecule has 47 heavy (non-hydrogen) atoms. The lowest BCUT2D eigenvalue weighted by atomic mass is 9.95. The Kier molecular flexibility index (Phi) is 12.3. The van der Waals surface area contributed by atoms with E-state index in [4.69, 9.17) is 0 Å². The molecule has 5 nitrogen and oxygen atoms in total. The molecule has 0 amide bonds. The van der Waals surface area contributed by atoms with Crippen LogP contribution >= 0.6 is 0 Å². The van der Waals surface area contributed by atoms with E-state index in [1.165, 1.54) is 37.9 Å². The van der Waals surface area contributed by atoms with Gasteiger partial charge in [-0.1, -0.05) is 70.7 Å². The lowest BCUT2D eigenvalue weighted by molar-refractivity contribution is -0.143. The van der Waals surface area contributed by atoms with Gasteiger partial charge >= 0.3 is 12.4 Å². The van der Waals surface area contributed by atoms with Crippen molar-refractivity contribution in [2.75, 3.05) is 25.5 Å². The first kappa shape index (κ1) is 36.2. The third-order valence-corrected chi connectivity index (χ3v) is 8.56. The number of aromatic nitrogens is 3. The highest BCUT2D eigenvalue weighted by molar-refractivity contribution is 5.94. The molecule has 5 rings (SSSR count). The third-order valence-electron chi connectivity index (χ3n) is 8.56. The van der Waals surface area contributed by atoms with Gasteiger partial charge in [0.2, 0.25) is 5.95 Å². The molecule has 0 aliphatic heterocycles. The number of unbranched alkanes of at least 4 members (excludes halogenated alkanes) is 1. The summed E-state index contributed by atoms with van der Waals surface area (Å²) in [5.41, 5.74) is 0.506. The Morgan fingerprint density at radius 1 is 0.851 bits per heavy atom. The summed E-state index contributed by atoms with van der Waals surface area (Å²) in [6.07, 6.45) is 3.80. The van der Waals surface area contributed by atoms with E-state index in [1.807, 2.05) is 18.3 Å². The smallest absolute Gasteiger partial charge is 0.329 e. The first-order chi connectivity index (χ1) is 22.3. The van der Waals surface area contributed by atoms with E-state index in [2.05, 4.69) is 64.7 Å². The van der Waals surface area contributed by atoms with Crippen molar-refractivity contribution in [2.24, 2.45) is 0 Å². The van der Waals surface area contributed by atoms with Crippen LogP contribution in [0.1, 0.15) is 94.9 Å². The van der Waals surface area contributed by atoms with Gasteiger partial charge in [0, 0.05) is 35.1 Å². The Morgan fingerprint density at radius 3 is 2.04 bits per heavy atom. The van der Waals surface area contributed by atoms with Gasteiger partial charge in [-0.15, -0.1) is 0 Å². The SMILES string of the molecule is CCCCN(C)CCC.CCc1ccc(-c2cn(C3CCCCC3)c3nc(Nc4cc(C(F)(F)F)cc(C(F)(F)F)c4)ncc23)cc1. The first-order valence-corrected chi connectivity index (χ1v) is 16.6. The van der Waals surface area contributed by atoms with Gasteiger partial charge < -0.3 is 14.8 Å². The average Bonchev–Trinajstić information content (AvgIpc) is 3.42. The summed E-state index contributed by atoms with van der Waals surface area (Å²) in [6.45, 7) is 9.06. The molecule has 0 unspecified atom stereocenters. The van der Waals surface area contributed by atoms with Gasteiger partial charge in [0.05, 0.1) is 11.1 Å². The summed E-state index contributed by atoms with van der Waals surface area (Å²) in [4.78, 5) is 11.2. The monoisotopic (exact) mass is 661 g/mol. The highest BCUT2D eigenvalue weighted by Crippen LogP contribution is 2.39. The Balaban J connectivity index is 0.000000488. The van der Waals surface area contributed by atoms with Crippen LogP contribution in [0.4, 0.5) is 38.0 Å². The van der Waals surface area contributed by atoms with E-state index in [0.717, 1.165) is 55.0 Å². The van der Waals surface area contributed by atoms with Gasteiger partial charge in [-0.05, 0) is 81.6 Å². The topological polar surface area (TPSA) is 46.0 Å². The quantitative estimate of drug-likeness (QED) is 0.172. The van der Waals surface area contributed by atoms with Crippen LogP contribution in [0.25, 0.3) is 22.2 Å². The molecule has 256 valence electrons. The Morgan fingerprint density at radius 2 is 1.49 bits per heavy atom. The lowest BCUT2D eigenvalue weighted by Crippen LogP contribution is -2.19. The molecule has 2 heterocycles. The van der Waals surface area contributed by atoms with Crippen molar-refractivity contribution in [1.29, 1.82) is 0 Å². The van der Waals surface area contributed by atoms with Gasteiger partial charge in [-0.25, -0.2) is 4.98 Å². The zero-order chi connectivity index (χ0) is 34.2. The van der Waals surface area contributed by atoms with E-state index in [9.17, 15) is 26.3 Å². The predicted molar refractivity (Wildman–Crippen MR) is 177 cm³/mol. The van der Waals surface area contributed by atoms with E-state index >= 15 is 0 Å². The third kappa shape index (κ3) is 9.72. The molecule has 1 saturated carbocycles. The number of benzene rings is 2. The van der Waals surface area contributed by atoms with Crippen LogP contribution in [0.2, 0.25) is 0 Å². The maximum Gasteiger partial charge on any atom is 0.416 e. The number of alkyl halides is 6. The fraction of sp³-hybridized carbons (Fsp3) is 0.500. The molecule has 2 aromatic carbocycles. The second-order valence-electron chi connectivity index (χ2n) is 12.3. The highest BCUT2D eigenvalue weighted by atomic mass is 19.4. The van der Waals surface area contributed by atoms with E-state index in [1.54, 1.807) is 6.20 Å². The van der Waals surface area contributed by atoms with Crippen LogP contribution in [-0.2, 0) is 18.8 Å². The molecular weight excluding hydrogens is 616 g/mol. The normalized spacial score (nSPS) is 14.4. The molecule has 1 fully saturated rings. The maximum absolute atomic E-state index is 13.3. The minimum Gasteiger partial charge on any atom is -0.329 e. The predicted octanol–water partition coefficient (Wildman–Crippen LogP) is 11.1. The Bertz CT molecular complexity index is 1540. The highest BCUT2D eigenvalue weighted by Gasteiger charge is 2.37. The van der Waals surface area contributed by atoms with Crippen molar-refractivity contribution < 1.29 is 26.3 Å². The molecule has 0 spiro atoms. The second-order valence-corrected chi connectivity index (χ2v) is 12.3. The summed E-state index contributed by atoms with van der Waals surface area (Å²) >= 11 is 0. The van der Waals surface area contributed by atoms with Gasteiger partial charge in [0.15, 0.2) is 0 Å². The van der Waals surface area contributed by atoms with Crippen molar-refractivity contribution in [3.63, 3.8) is 0 Å². The molecule has 1 N–H and O–H groups in total. The van der Waals surface area contributed by atoms with Crippen LogP contribution in [0, 0.1) is 0 Å². The van der Waals surface area contributed by atoms with Crippen molar-refractivity contribution in [1.82, 2.24) is 19.4 Å². The number of nitrogens with zero attached hydrogens (tertiary/aromatic N) is 4. The van der Waals surface area contributed by atoms with Gasteiger partial charge in [0.1, 0.15) is 5.65 Å². The maximum atomic E-state index is 13.3. The fourth-order valence-corrected chi connectivity index (χ4v) is 5.95. The average molecular weight is 662 g/mol. The molecule has 0 saturated heterocycles. The molecule has 0 radical (unpaired) electrons. The van der Waals surface area contributed by atoms with Gasteiger partial charge in [-0.2, -0.15) is 31.3 Å². The molecular formula is C36H45F6N5. The van der Waals surface area contributed by atoms with Crippen molar-refractivity contribution in [3.8, 4) is 11.1 Å². The molecule has 0 bridgehead atoms. The summed E-state index contributed by atoms with van der Waals surface area (Å²) in [5.74, 6) is -0.0759. The Labute approximate surface area is 273 Å². The minimum atomic E-state index is -4.94. The molecule has 11 heteroatoms. The van der Waals surface area contributed by atoms with E-state index in [-0.39, 0.29) is 18.1 Å². The van der Waals surface area contributed by atoms with Crippen molar-refractivity contribution in [2.45, 2.75) is 97.0 Å². The Hall–Kier alpha value is -3.60. The van der Waals surface area contributed by atoms with Crippen LogP contribution in [-0.4, -0.2) is 39.6 Å². The number of nitrogens with one attached hydrogen (secondary N) is 1. The number of aryl methyl sites for hydroxylation is 1. The van der Waals surface area contributed by atoms with Crippen LogP contribution in [0.5, 0.6) is 0 Å². The van der Waals surface area contributed by atoms with Gasteiger partial charge in [-0.3, -0.25) is 0 Å². The number of rotatable bonds is 10. The van der Waals surface area contributed by atoms with Crippen LogP contribution in [0.3, 0.4) is 0 Å². The van der Waals surface area contributed by atoms with Crippen molar-refractivity contribution in [3.05, 3.63) is 71.5 Å². The summed E-state index contributed by atoms with van der Waals surface area (Å²) in [6, 6.07) is 9.73. The number of hydrogen-bond acceptors (Lipinski definition) is 4. The molecule has 2 aromatic heterocycles. The lowest BCUT2D eigenvalue weighted by Gasteiger charge is -2.23. The number of fused-ring (bicyclic) bond motifs is 1. The molecule has 4 aromatic rings. The molecule has 1 aliphatic carbocycles. The summed E-state index contributed by atoms with van der Waals surface area (Å²) in [5, 5.41) is 3.35. The van der Waals surface area contributed by atoms with Crippen LogP contribution < -0.4 is 5.32 Å². The van der Waals surface area contributed by atoms with Crippen molar-refractivity contribution >= 4 is 22.7 Å². The second kappa shape index (κ2) is 16.0. The first-order valence-electron chi connectivity index (χ1n) is 16.6.